The van der Waals surface area contributed by atoms with Gasteiger partial charge in [0.15, 0.2) is 11.0 Å². The number of amides is 1. The quantitative estimate of drug-likeness (QED) is 0.308. The number of hydrogen-bond acceptors (Lipinski definition) is 7. The van der Waals surface area contributed by atoms with Crippen LogP contribution in [0.4, 0.5) is 5.88 Å². The molecule has 5 rings (SSSR count). The Balaban J connectivity index is 1.29. The molecule has 174 valence electrons. The number of nitrogens with one attached hydrogen (secondary N) is 1. The number of nitrogens with zero attached hydrogens (tertiary/aromatic N) is 5. The van der Waals surface area contributed by atoms with Crippen molar-refractivity contribution in [2.75, 3.05) is 11.1 Å². The van der Waals surface area contributed by atoms with E-state index in [1.54, 1.807) is 18.5 Å². The maximum atomic E-state index is 12.6. The van der Waals surface area contributed by atoms with E-state index in [4.69, 9.17) is 4.52 Å². The topological polar surface area (TPSA) is 98.7 Å². The molecule has 8 nitrogen and oxygen atoms in total. The third-order valence-corrected chi connectivity index (χ3v) is 6.24. The van der Waals surface area contributed by atoms with Gasteiger partial charge in [-0.05, 0) is 24.6 Å². The number of pyridine rings is 1. The normalized spacial score (nSPS) is 10.9. The van der Waals surface area contributed by atoms with E-state index < -0.39 is 0 Å². The van der Waals surface area contributed by atoms with Crippen LogP contribution < -0.4 is 5.32 Å². The first-order valence-corrected chi connectivity index (χ1v) is 12.0. The molecule has 1 N–H and O–H groups in total. The van der Waals surface area contributed by atoms with Gasteiger partial charge in [-0.3, -0.25) is 19.7 Å². The van der Waals surface area contributed by atoms with E-state index in [1.807, 2.05) is 78.2 Å². The van der Waals surface area contributed by atoms with E-state index in [2.05, 4.69) is 25.7 Å². The van der Waals surface area contributed by atoms with Crippen molar-refractivity contribution >= 4 is 23.6 Å². The van der Waals surface area contributed by atoms with Crippen molar-refractivity contribution in [3.63, 3.8) is 0 Å². The van der Waals surface area contributed by atoms with Gasteiger partial charge in [-0.25, -0.2) is 0 Å². The smallest absolute Gasteiger partial charge is 0.237 e. The van der Waals surface area contributed by atoms with Crippen LogP contribution in [0.5, 0.6) is 0 Å². The number of carbonyl (C=O) groups excluding carboxylic acids is 1. The average molecular weight is 483 g/mol. The highest BCUT2D eigenvalue weighted by atomic mass is 32.2. The van der Waals surface area contributed by atoms with E-state index in [9.17, 15) is 4.79 Å². The predicted molar refractivity (Wildman–Crippen MR) is 135 cm³/mol. The molecule has 0 saturated carbocycles. The standard InChI is InChI=1S/C26H22N6O2S/c1-18-9-11-20(12-10-18)22-14-24(34-31-22)28-23(33)17-35-26-30-29-25(21-8-5-13-27-15-21)32(26)16-19-6-3-2-4-7-19/h2-15H,16-17H2,1H3,(H,28,33). The van der Waals surface area contributed by atoms with Gasteiger partial charge in [0.1, 0.15) is 5.69 Å². The van der Waals surface area contributed by atoms with Crippen molar-refractivity contribution in [3.8, 4) is 22.6 Å². The SMILES string of the molecule is Cc1ccc(-c2cc(NC(=O)CSc3nnc(-c4cccnc4)n3Cc3ccccc3)on2)cc1. The van der Waals surface area contributed by atoms with E-state index in [0.29, 0.717) is 29.1 Å². The van der Waals surface area contributed by atoms with Crippen molar-refractivity contribution in [1.29, 1.82) is 0 Å². The molecule has 2 aromatic carbocycles. The second-order valence-corrected chi connectivity index (χ2v) is 8.84. The Morgan fingerprint density at radius 3 is 2.60 bits per heavy atom. The number of anilines is 1. The van der Waals surface area contributed by atoms with Crippen LogP contribution in [0.3, 0.4) is 0 Å². The Morgan fingerprint density at radius 2 is 1.83 bits per heavy atom. The molecule has 0 fully saturated rings. The Bertz CT molecular complexity index is 1420. The largest absolute Gasteiger partial charge is 0.338 e. The molecule has 0 bridgehead atoms. The van der Waals surface area contributed by atoms with Gasteiger partial charge in [-0.2, -0.15) is 0 Å². The molecule has 0 aliphatic rings. The first-order chi connectivity index (χ1) is 17.2. The summed E-state index contributed by atoms with van der Waals surface area (Å²) in [6.45, 7) is 2.60. The van der Waals surface area contributed by atoms with Gasteiger partial charge in [0.2, 0.25) is 11.8 Å². The lowest BCUT2D eigenvalue weighted by molar-refractivity contribution is -0.113. The lowest BCUT2D eigenvalue weighted by Crippen LogP contribution is -2.14. The monoisotopic (exact) mass is 482 g/mol. The summed E-state index contributed by atoms with van der Waals surface area (Å²) in [6, 6.07) is 23.5. The number of carbonyl (C=O) groups is 1. The van der Waals surface area contributed by atoms with Crippen LogP contribution in [0, 0.1) is 6.92 Å². The maximum absolute atomic E-state index is 12.6. The number of aromatic nitrogens is 5. The van der Waals surface area contributed by atoms with Gasteiger partial charge in [-0.15, -0.1) is 10.2 Å². The van der Waals surface area contributed by atoms with Gasteiger partial charge < -0.3 is 4.52 Å². The van der Waals surface area contributed by atoms with Crippen LogP contribution >= 0.6 is 11.8 Å². The molecule has 0 saturated heterocycles. The summed E-state index contributed by atoms with van der Waals surface area (Å²) in [5, 5.41) is 16.2. The molecule has 0 radical (unpaired) electrons. The average Bonchev–Trinajstić information content (AvgIpc) is 3.51. The molecular weight excluding hydrogens is 460 g/mol. The lowest BCUT2D eigenvalue weighted by atomic mass is 10.1. The van der Waals surface area contributed by atoms with Crippen LogP contribution in [0.1, 0.15) is 11.1 Å². The van der Waals surface area contributed by atoms with E-state index in [0.717, 1.165) is 22.3 Å². The van der Waals surface area contributed by atoms with Gasteiger partial charge in [0.05, 0.1) is 12.3 Å². The minimum atomic E-state index is -0.223. The van der Waals surface area contributed by atoms with Crippen LogP contribution in [-0.2, 0) is 11.3 Å². The summed E-state index contributed by atoms with van der Waals surface area (Å²) in [5.41, 5.74) is 4.71. The van der Waals surface area contributed by atoms with Crippen molar-refractivity contribution in [3.05, 3.63) is 96.3 Å². The molecule has 0 aliphatic carbocycles. The highest BCUT2D eigenvalue weighted by Crippen LogP contribution is 2.26. The van der Waals surface area contributed by atoms with Gasteiger partial charge in [0, 0.05) is 29.6 Å². The van der Waals surface area contributed by atoms with E-state index >= 15 is 0 Å². The maximum Gasteiger partial charge on any atom is 0.237 e. The van der Waals surface area contributed by atoms with E-state index in [1.165, 1.54) is 11.8 Å². The zero-order chi connectivity index (χ0) is 24.0. The second-order valence-electron chi connectivity index (χ2n) is 7.90. The first-order valence-electron chi connectivity index (χ1n) is 11.0. The minimum absolute atomic E-state index is 0.139. The molecule has 3 aromatic heterocycles. The second kappa shape index (κ2) is 10.4. The Labute approximate surface area is 206 Å². The fraction of sp³-hybridized carbons (Fsp3) is 0.115. The highest BCUT2D eigenvalue weighted by Gasteiger charge is 2.17. The summed E-state index contributed by atoms with van der Waals surface area (Å²) in [5.74, 6) is 0.912. The number of aryl methyl sites for hydroxylation is 1. The molecule has 0 unspecified atom stereocenters. The predicted octanol–water partition coefficient (Wildman–Crippen LogP) is 5.08. The molecule has 35 heavy (non-hydrogen) atoms. The number of rotatable bonds is 8. The third kappa shape index (κ3) is 5.47. The molecule has 0 spiro atoms. The molecule has 9 heteroatoms. The summed E-state index contributed by atoms with van der Waals surface area (Å²) in [6.07, 6.45) is 3.47. The molecule has 1 amide bonds. The first kappa shape index (κ1) is 22.5. The molecule has 3 heterocycles. The minimum Gasteiger partial charge on any atom is -0.338 e. The van der Waals surface area contributed by atoms with Crippen molar-refractivity contribution in [2.45, 2.75) is 18.6 Å². The van der Waals surface area contributed by atoms with Gasteiger partial charge >= 0.3 is 0 Å². The lowest BCUT2D eigenvalue weighted by Gasteiger charge is -2.10. The van der Waals surface area contributed by atoms with Crippen LogP contribution in [0.15, 0.2) is 94.9 Å². The fourth-order valence-electron chi connectivity index (χ4n) is 3.51. The molecule has 0 aliphatic heterocycles. The van der Waals surface area contributed by atoms with Crippen molar-refractivity contribution < 1.29 is 9.32 Å². The summed E-state index contributed by atoms with van der Waals surface area (Å²) in [7, 11) is 0. The summed E-state index contributed by atoms with van der Waals surface area (Å²) >= 11 is 1.31. The Kier molecular flexibility index (Phi) is 6.67. The van der Waals surface area contributed by atoms with Crippen LogP contribution in [-0.4, -0.2) is 36.6 Å². The molecule has 5 aromatic rings. The van der Waals surface area contributed by atoms with Crippen molar-refractivity contribution in [2.24, 2.45) is 0 Å². The van der Waals surface area contributed by atoms with Crippen LogP contribution in [0.2, 0.25) is 0 Å². The van der Waals surface area contributed by atoms with Gasteiger partial charge in [-0.1, -0.05) is 77.1 Å². The Morgan fingerprint density at radius 1 is 1.00 bits per heavy atom. The number of benzene rings is 2. The Hall–Kier alpha value is -4.24. The van der Waals surface area contributed by atoms with Crippen LogP contribution in [0.25, 0.3) is 22.6 Å². The third-order valence-electron chi connectivity index (χ3n) is 5.27. The summed E-state index contributed by atoms with van der Waals surface area (Å²) < 4.78 is 7.30. The summed E-state index contributed by atoms with van der Waals surface area (Å²) in [4.78, 5) is 16.8. The fourth-order valence-corrected chi connectivity index (χ4v) is 4.25. The van der Waals surface area contributed by atoms with Crippen molar-refractivity contribution in [1.82, 2.24) is 24.9 Å². The number of thioether (sulfide) groups is 1. The van der Waals surface area contributed by atoms with E-state index in [-0.39, 0.29) is 11.7 Å². The number of hydrogen-bond donors (Lipinski definition) is 1. The highest BCUT2D eigenvalue weighted by molar-refractivity contribution is 7.99. The zero-order valence-electron chi connectivity index (χ0n) is 19.0. The van der Waals surface area contributed by atoms with Gasteiger partial charge in [0.25, 0.3) is 0 Å². The molecular formula is C26H22N6O2S. The zero-order valence-corrected chi connectivity index (χ0v) is 19.8. The molecule has 0 atom stereocenters.